The van der Waals surface area contributed by atoms with Gasteiger partial charge in [0, 0.05) is 31.8 Å². The number of nitrogens with one attached hydrogen (secondary N) is 2. The molecule has 8 heteroatoms. The molecule has 3 N–H and O–H groups in total. The Morgan fingerprint density at radius 2 is 1.76 bits per heavy atom. The second-order valence-electron chi connectivity index (χ2n) is 9.70. The van der Waals surface area contributed by atoms with Crippen molar-refractivity contribution in [1.29, 1.82) is 0 Å². The number of amides is 3. The Morgan fingerprint density at radius 3 is 2.29 bits per heavy atom. The highest BCUT2D eigenvalue weighted by Gasteiger charge is 2.34. The fourth-order valence-corrected chi connectivity index (χ4v) is 3.84. The van der Waals surface area contributed by atoms with Crippen LogP contribution in [0.25, 0.3) is 0 Å². The van der Waals surface area contributed by atoms with E-state index >= 15 is 0 Å². The quantitative estimate of drug-likeness (QED) is 0.393. The highest BCUT2D eigenvalue weighted by Crippen LogP contribution is 2.20. The van der Waals surface area contributed by atoms with Crippen LogP contribution in [0.2, 0.25) is 0 Å². The molecule has 0 aliphatic carbocycles. The first kappa shape index (κ1) is 32.1. The third-order valence-corrected chi connectivity index (χ3v) is 5.79. The van der Waals surface area contributed by atoms with Gasteiger partial charge in [-0.1, -0.05) is 46.6 Å². The third-order valence-electron chi connectivity index (χ3n) is 5.79. The topological polar surface area (TPSA) is 102 Å². The molecule has 0 radical (unpaired) electrons. The number of rotatable bonds is 11. The zero-order valence-electron chi connectivity index (χ0n) is 22.8. The summed E-state index contributed by atoms with van der Waals surface area (Å²) in [5, 5.41) is 14.4. The van der Waals surface area contributed by atoms with Crippen LogP contribution in [-0.4, -0.2) is 84.0 Å². The van der Waals surface area contributed by atoms with E-state index in [2.05, 4.69) is 43.2 Å². The Morgan fingerprint density at radius 1 is 1.15 bits per heavy atom. The second kappa shape index (κ2) is 17.5. The van der Waals surface area contributed by atoms with Crippen molar-refractivity contribution in [3.63, 3.8) is 0 Å². The maximum absolute atomic E-state index is 13.0. The molecule has 1 fully saturated rings. The fraction of sp³-hybridized carbons (Fsp3) is 0.808. The fourth-order valence-electron chi connectivity index (χ4n) is 3.84. The molecular weight excluding hydrogens is 432 g/mol. The van der Waals surface area contributed by atoms with Crippen LogP contribution in [0.5, 0.6) is 0 Å². The van der Waals surface area contributed by atoms with Crippen LogP contribution in [0, 0.1) is 5.92 Å². The van der Waals surface area contributed by atoms with Crippen LogP contribution in [0.1, 0.15) is 80.6 Å². The number of nitrogens with zero attached hydrogens (tertiary/aromatic N) is 2. The molecule has 1 aliphatic heterocycles. The minimum absolute atomic E-state index is 0.0310. The molecule has 0 aromatic heterocycles. The van der Waals surface area contributed by atoms with E-state index in [0.717, 1.165) is 25.8 Å². The molecule has 0 aromatic rings. The van der Waals surface area contributed by atoms with Gasteiger partial charge in [0.2, 0.25) is 17.7 Å². The van der Waals surface area contributed by atoms with Crippen molar-refractivity contribution in [3.05, 3.63) is 11.6 Å². The number of aliphatic hydroxyl groups is 1. The summed E-state index contributed by atoms with van der Waals surface area (Å²) in [7, 11) is 1.72. The second-order valence-corrected chi connectivity index (χ2v) is 9.70. The van der Waals surface area contributed by atoms with Gasteiger partial charge in [-0.15, -0.1) is 0 Å². The van der Waals surface area contributed by atoms with E-state index in [4.69, 9.17) is 5.11 Å². The molecule has 1 saturated heterocycles. The predicted molar refractivity (Wildman–Crippen MR) is 138 cm³/mol. The lowest BCUT2D eigenvalue weighted by molar-refractivity contribution is -0.138. The molecule has 2 atom stereocenters. The zero-order chi connectivity index (χ0) is 26.3. The first-order valence-corrected chi connectivity index (χ1v) is 12.9. The van der Waals surface area contributed by atoms with E-state index < -0.39 is 6.04 Å². The summed E-state index contributed by atoms with van der Waals surface area (Å²) in [5.41, 5.74) is 0.550. The van der Waals surface area contributed by atoms with Gasteiger partial charge in [0.25, 0.3) is 0 Å². The first-order valence-electron chi connectivity index (χ1n) is 12.9. The van der Waals surface area contributed by atoms with Gasteiger partial charge in [-0.3, -0.25) is 19.3 Å². The molecule has 0 bridgehead atoms. The number of aliphatic hydroxyl groups excluding tert-OH is 1. The summed E-state index contributed by atoms with van der Waals surface area (Å²) in [6, 6.07) is -0.473. The standard InChI is InChI=1S/C23H42N4O4.C3H8/c1-16(2)20(25-22(30)19-11-7-8-14-27(19)17(3)4)23(31)26(6)13-9-10-18(5)21(29)24-12-15-28;1-3-2/h10,16-17,19-20,28H,7-9,11-15H2,1-6H3,(H,24,29)(H,25,30);3H2,1-2H3/b18-10+;. The molecule has 0 aromatic carbocycles. The molecular formula is C26H50N4O4. The molecule has 0 spiro atoms. The van der Waals surface area contributed by atoms with E-state index in [-0.39, 0.29) is 48.9 Å². The molecule has 34 heavy (non-hydrogen) atoms. The Balaban J connectivity index is 0.00000343. The zero-order valence-corrected chi connectivity index (χ0v) is 22.8. The van der Waals surface area contributed by atoms with Crippen molar-refractivity contribution < 1.29 is 19.5 Å². The highest BCUT2D eigenvalue weighted by atomic mass is 16.3. The van der Waals surface area contributed by atoms with Gasteiger partial charge in [-0.25, -0.2) is 0 Å². The van der Waals surface area contributed by atoms with Gasteiger partial charge in [-0.05, 0) is 52.5 Å². The molecule has 1 heterocycles. The van der Waals surface area contributed by atoms with Crippen LogP contribution >= 0.6 is 0 Å². The summed E-state index contributed by atoms with van der Waals surface area (Å²) in [4.78, 5) is 41.7. The molecule has 3 amide bonds. The maximum Gasteiger partial charge on any atom is 0.246 e. The molecule has 0 saturated carbocycles. The number of likely N-dealkylation sites (N-methyl/N-ethyl adjacent to an activating group) is 1. The highest BCUT2D eigenvalue weighted by molar-refractivity contribution is 5.92. The average molecular weight is 483 g/mol. The summed E-state index contributed by atoms with van der Waals surface area (Å²) in [5.74, 6) is -0.440. The van der Waals surface area contributed by atoms with E-state index in [9.17, 15) is 14.4 Å². The number of hydrogen-bond acceptors (Lipinski definition) is 5. The Hall–Kier alpha value is -1.93. The van der Waals surface area contributed by atoms with E-state index in [1.54, 1.807) is 24.9 Å². The summed E-state index contributed by atoms with van der Waals surface area (Å²) < 4.78 is 0. The molecule has 1 aliphatic rings. The average Bonchev–Trinajstić information content (AvgIpc) is 2.80. The van der Waals surface area contributed by atoms with Gasteiger partial charge in [0.15, 0.2) is 0 Å². The van der Waals surface area contributed by atoms with Crippen molar-refractivity contribution in [3.8, 4) is 0 Å². The van der Waals surface area contributed by atoms with Gasteiger partial charge in [-0.2, -0.15) is 0 Å². The predicted octanol–water partition coefficient (Wildman–Crippen LogP) is 2.71. The Kier molecular flexibility index (Phi) is 16.5. The number of carbonyl (C=O) groups is 3. The normalized spacial score (nSPS) is 17.6. The third kappa shape index (κ3) is 11.5. The number of hydrogen-bond donors (Lipinski definition) is 3. The van der Waals surface area contributed by atoms with E-state index in [0.29, 0.717) is 18.5 Å². The Bertz CT molecular complexity index is 649. The Labute approximate surface area is 207 Å². The van der Waals surface area contributed by atoms with Crippen LogP contribution in [0.15, 0.2) is 11.6 Å². The van der Waals surface area contributed by atoms with Gasteiger partial charge < -0.3 is 20.6 Å². The lowest BCUT2D eigenvalue weighted by atomic mass is 9.97. The summed E-state index contributed by atoms with van der Waals surface area (Å²) >= 11 is 0. The van der Waals surface area contributed by atoms with Crippen LogP contribution in [0.4, 0.5) is 0 Å². The molecule has 8 nitrogen and oxygen atoms in total. The SMILES string of the molecule is C/C(=C\CCN(C)C(=O)C(NC(=O)C1CCCCN1C(C)C)C(C)C)C(=O)NCCO.CCC. The van der Waals surface area contributed by atoms with Crippen molar-refractivity contribution in [2.45, 2.75) is 98.7 Å². The van der Waals surface area contributed by atoms with Gasteiger partial charge in [0.1, 0.15) is 6.04 Å². The first-order chi connectivity index (χ1) is 16.0. The smallest absolute Gasteiger partial charge is 0.246 e. The van der Waals surface area contributed by atoms with E-state index in [1.165, 1.54) is 6.42 Å². The van der Waals surface area contributed by atoms with Crippen molar-refractivity contribution in [2.75, 3.05) is 33.3 Å². The maximum atomic E-state index is 13.0. The monoisotopic (exact) mass is 482 g/mol. The number of piperidine rings is 1. The van der Waals surface area contributed by atoms with Gasteiger partial charge >= 0.3 is 0 Å². The molecule has 1 rings (SSSR count). The lowest BCUT2D eigenvalue weighted by Gasteiger charge is -2.38. The summed E-state index contributed by atoms with van der Waals surface area (Å²) in [6.45, 7) is 15.5. The minimum atomic E-state index is -0.577. The van der Waals surface area contributed by atoms with Gasteiger partial charge in [0.05, 0.1) is 12.6 Å². The number of likely N-dealkylation sites (tertiary alicyclic amines) is 1. The van der Waals surface area contributed by atoms with E-state index in [1.807, 2.05) is 13.8 Å². The van der Waals surface area contributed by atoms with Crippen LogP contribution < -0.4 is 10.6 Å². The lowest BCUT2D eigenvalue weighted by Crippen LogP contribution is -2.57. The van der Waals surface area contributed by atoms with Crippen LogP contribution in [-0.2, 0) is 14.4 Å². The summed E-state index contributed by atoms with van der Waals surface area (Å²) in [6.07, 6.45) is 6.51. The van der Waals surface area contributed by atoms with Crippen LogP contribution in [0.3, 0.4) is 0 Å². The van der Waals surface area contributed by atoms with Crippen molar-refractivity contribution in [1.82, 2.24) is 20.4 Å². The largest absolute Gasteiger partial charge is 0.395 e. The minimum Gasteiger partial charge on any atom is -0.395 e. The molecule has 198 valence electrons. The van der Waals surface area contributed by atoms with Crippen molar-refractivity contribution in [2.24, 2.45) is 5.92 Å². The number of carbonyl (C=O) groups excluding carboxylic acids is 3. The van der Waals surface area contributed by atoms with Crippen molar-refractivity contribution >= 4 is 17.7 Å². The molecule has 2 unspecified atom stereocenters.